The van der Waals surface area contributed by atoms with Gasteiger partial charge in [0.1, 0.15) is 11.6 Å². The SMILES string of the molecule is COc1cc(/C=C(\C#N)C(=O)c2ccccc2)ccc1OC(=O)c1ccc(C(C)(C)C)cc1. The molecular weight excluding hydrogens is 414 g/mol. The molecule has 0 fully saturated rings. The molecule has 0 bridgehead atoms. The third kappa shape index (κ3) is 5.75. The van der Waals surface area contributed by atoms with Gasteiger partial charge in [-0.05, 0) is 46.9 Å². The minimum atomic E-state index is -0.506. The lowest BCUT2D eigenvalue weighted by Gasteiger charge is -2.19. The smallest absolute Gasteiger partial charge is 0.343 e. The number of allylic oxidation sites excluding steroid dienone is 1. The molecule has 0 N–H and O–H groups in total. The van der Waals surface area contributed by atoms with Crippen LogP contribution in [0.2, 0.25) is 0 Å². The highest BCUT2D eigenvalue weighted by Gasteiger charge is 2.17. The molecule has 5 nitrogen and oxygen atoms in total. The minimum absolute atomic E-state index is 0.00747. The van der Waals surface area contributed by atoms with E-state index in [1.165, 1.54) is 13.2 Å². The van der Waals surface area contributed by atoms with Crippen LogP contribution in [0.15, 0.2) is 78.4 Å². The van der Waals surface area contributed by atoms with E-state index in [-0.39, 0.29) is 22.5 Å². The largest absolute Gasteiger partial charge is 0.493 e. The van der Waals surface area contributed by atoms with E-state index in [2.05, 4.69) is 20.8 Å². The van der Waals surface area contributed by atoms with Crippen molar-refractivity contribution < 1.29 is 19.1 Å². The van der Waals surface area contributed by atoms with Crippen LogP contribution in [0.5, 0.6) is 11.5 Å². The molecule has 33 heavy (non-hydrogen) atoms. The first-order valence-corrected chi connectivity index (χ1v) is 10.4. The Morgan fingerprint density at radius 2 is 1.55 bits per heavy atom. The summed E-state index contributed by atoms with van der Waals surface area (Å²) in [6.07, 6.45) is 1.48. The molecular formula is C28H25NO4. The lowest BCUT2D eigenvalue weighted by molar-refractivity contribution is 0.0729. The number of Topliss-reactive ketones (excluding diaryl/α,β-unsaturated/α-hetero) is 1. The number of carbonyl (C=O) groups is 2. The molecule has 0 amide bonds. The number of nitrogens with zero attached hydrogens (tertiary/aromatic N) is 1. The fraction of sp³-hybridized carbons (Fsp3) is 0.179. The van der Waals surface area contributed by atoms with E-state index in [0.717, 1.165) is 5.56 Å². The highest BCUT2D eigenvalue weighted by Crippen LogP contribution is 2.30. The lowest BCUT2D eigenvalue weighted by Crippen LogP contribution is -2.13. The number of methoxy groups -OCH3 is 1. The average molecular weight is 440 g/mol. The van der Waals surface area contributed by atoms with Crippen LogP contribution in [0, 0.1) is 11.3 Å². The van der Waals surface area contributed by atoms with Crippen LogP contribution in [-0.2, 0) is 5.41 Å². The van der Waals surface area contributed by atoms with Crippen molar-refractivity contribution in [2.75, 3.05) is 7.11 Å². The highest BCUT2D eigenvalue weighted by molar-refractivity contribution is 6.14. The second kappa shape index (κ2) is 9.97. The van der Waals surface area contributed by atoms with Crippen molar-refractivity contribution in [3.05, 3.63) is 101 Å². The van der Waals surface area contributed by atoms with Gasteiger partial charge < -0.3 is 9.47 Å². The van der Waals surface area contributed by atoms with Gasteiger partial charge in [-0.15, -0.1) is 0 Å². The summed E-state index contributed by atoms with van der Waals surface area (Å²) in [5.41, 5.74) is 2.52. The second-order valence-electron chi connectivity index (χ2n) is 8.49. The van der Waals surface area contributed by atoms with Gasteiger partial charge in [0, 0.05) is 5.56 Å². The molecule has 0 spiro atoms. The van der Waals surface area contributed by atoms with Crippen LogP contribution in [0.4, 0.5) is 0 Å². The van der Waals surface area contributed by atoms with E-state index in [1.54, 1.807) is 60.7 Å². The van der Waals surface area contributed by atoms with E-state index < -0.39 is 5.97 Å². The maximum Gasteiger partial charge on any atom is 0.343 e. The second-order valence-corrected chi connectivity index (χ2v) is 8.49. The van der Waals surface area contributed by atoms with Gasteiger partial charge in [-0.25, -0.2) is 4.79 Å². The molecule has 5 heteroatoms. The Labute approximate surface area is 193 Å². The summed E-state index contributed by atoms with van der Waals surface area (Å²) in [7, 11) is 1.46. The molecule has 3 rings (SSSR count). The highest BCUT2D eigenvalue weighted by atomic mass is 16.6. The first kappa shape index (κ1) is 23.5. The third-order valence-corrected chi connectivity index (χ3v) is 5.09. The molecule has 3 aromatic carbocycles. The zero-order valence-corrected chi connectivity index (χ0v) is 19.1. The first-order valence-electron chi connectivity index (χ1n) is 10.4. The van der Waals surface area contributed by atoms with E-state index >= 15 is 0 Å². The summed E-state index contributed by atoms with van der Waals surface area (Å²) < 4.78 is 10.9. The zero-order valence-electron chi connectivity index (χ0n) is 19.1. The van der Waals surface area contributed by atoms with Gasteiger partial charge in [-0.2, -0.15) is 5.26 Å². The van der Waals surface area contributed by atoms with Gasteiger partial charge in [0.2, 0.25) is 5.78 Å². The van der Waals surface area contributed by atoms with E-state index in [1.807, 2.05) is 18.2 Å². The summed E-state index contributed by atoms with van der Waals surface area (Å²) in [5, 5.41) is 9.48. The quantitative estimate of drug-likeness (QED) is 0.155. The lowest BCUT2D eigenvalue weighted by atomic mass is 9.87. The van der Waals surface area contributed by atoms with Gasteiger partial charge in [0.15, 0.2) is 11.5 Å². The van der Waals surface area contributed by atoms with Crippen molar-refractivity contribution >= 4 is 17.8 Å². The number of nitriles is 1. The van der Waals surface area contributed by atoms with Gasteiger partial charge in [0.25, 0.3) is 0 Å². The van der Waals surface area contributed by atoms with Gasteiger partial charge in [0.05, 0.1) is 12.7 Å². The molecule has 0 aliphatic rings. The molecule has 0 atom stereocenters. The standard InChI is InChI=1S/C28H25NO4/c1-28(2,3)23-13-11-21(12-14-23)27(31)33-24-15-10-19(17-25(24)32-4)16-22(18-29)26(30)20-8-6-5-7-9-20/h5-17H,1-4H3/b22-16+. The predicted molar refractivity (Wildman–Crippen MR) is 127 cm³/mol. The van der Waals surface area contributed by atoms with Crippen LogP contribution in [0.1, 0.15) is 52.6 Å². The topological polar surface area (TPSA) is 76.4 Å². The fourth-order valence-electron chi connectivity index (χ4n) is 3.18. The molecule has 3 aromatic rings. The maximum absolute atomic E-state index is 12.6. The number of carbonyl (C=O) groups excluding carboxylic acids is 2. The Kier molecular flexibility index (Phi) is 7.10. The van der Waals surface area contributed by atoms with Crippen molar-refractivity contribution in [3.8, 4) is 17.6 Å². The van der Waals surface area contributed by atoms with E-state index in [9.17, 15) is 14.9 Å². The number of rotatable bonds is 6. The number of esters is 1. The van der Waals surface area contributed by atoms with Crippen molar-refractivity contribution in [2.45, 2.75) is 26.2 Å². The van der Waals surface area contributed by atoms with Crippen LogP contribution in [0.25, 0.3) is 6.08 Å². The predicted octanol–water partition coefficient (Wildman–Crippen LogP) is 6.00. The number of ether oxygens (including phenoxy) is 2. The van der Waals surface area contributed by atoms with Crippen molar-refractivity contribution in [1.29, 1.82) is 5.26 Å². The molecule has 0 unspecified atom stereocenters. The zero-order chi connectivity index (χ0) is 24.0. The number of hydrogen-bond acceptors (Lipinski definition) is 5. The average Bonchev–Trinajstić information content (AvgIpc) is 2.82. The Balaban J connectivity index is 1.82. The summed E-state index contributed by atoms with van der Waals surface area (Å²) in [6.45, 7) is 6.31. The monoisotopic (exact) mass is 439 g/mol. The minimum Gasteiger partial charge on any atom is -0.493 e. The van der Waals surface area contributed by atoms with E-state index in [4.69, 9.17) is 9.47 Å². The summed E-state index contributed by atoms with van der Waals surface area (Å²) >= 11 is 0. The first-order chi connectivity index (χ1) is 15.7. The number of hydrogen-bond donors (Lipinski definition) is 0. The number of ketones is 1. The molecule has 0 saturated carbocycles. The molecule has 0 aliphatic heterocycles. The van der Waals surface area contributed by atoms with Crippen molar-refractivity contribution in [2.24, 2.45) is 0 Å². The molecule has 0 saturated heterocycles. The van der Waals surface area contributed by atoms with Crippen molar-refractivity contribution in [1.82, 2.24) is 0 Å². The van der Waals surface area contributed by atoms with Gasteiger partial charge in [-0.3, -0.25) is 4.79 Å². The Hall–Kier alpha value is -4.17. The molecule has 166 valence electrons. The molecule has 0 heterocycles. The normalized spacial score (nSPS) is 11.4. The number of benzene rings is 3. The summed E-state index contributed by atoms with van der Waals surface area (Å²) in [6, 6.07) is 22.7. The Bertz CT molecular complexity index is 1230. The summed E-state index contributed by atoms with van der Waals surface area (Å²) in [5.74, 6) is -0.319. The maximum atomic E-state index is 12.6. The molecule has 0 aromatic heterocycles. The molecule has 0 aliphatic carbocycles. The fourth-order valence-corrected chi connectivity index (χ4v) is 3.18. The van der Waals surface area contributed by atoms with Gasteiger partial charge in [-0.1, -0.05) is 69.3 Å². The van der Waals surface area contributed by atoms with E-state index in [0.29, 0.717) is 22.4 Å². The van der Waals surface area contributed by atoms with Crippen LogP contribution >= 0.6 is 0 Å². The van der Waals surface area contributed by atoms with Crippen molar-refractivity contribution in [3.63, 3.8) is 0 Å². The third-order valence-electron chi connectivity index (χ3n) is 5.09. The Morgan fingerprint density at radius 3 is 2.12 bits per heavy atom. The summed E-state index contributed by atoms with van der Waals surface area (Å²) in [4.78, 5) is 25.2. The van der Waals surface area contributed by atoms with Crippen LogP contribution in [0.3, 0.4) is 0 Å². The van der Waals surface area contributed by atoms with Crippen LogP contribution in [-0.4, -0.2) is 18.9 Å². The van der Waals surface area contributed by atoms with Gasteiger partial charge >= 0.3 is 5.97 Å². The Morgan fingerprint density at radius 1 is 0.879 bits per heavy atom. The van der Waals surface area contributed by atoms with Crippen LogP contribution < -0.4 is 9.47 Å². The molecule has 0 radical (unpaired) electrons.